The lowest BCUT2D eigenvalue weighted by molar-refractivity contribution is -0.121. The van der Waals surface area contributed by atoms with E-state index in [1.807, 2.05) is 13.2 Å². The van der Waals surface area contributed by atoms with E-state index in [9.17, 15) is 4.79 Å². The van der Waals surface area contributed by atoms with Gasteiger partial charge >= 0.3 is 0 Å². The molecule has 0 rings (SSSR count). The predicted molar refractivity (Wildman–Crippen MR) is 60.1 cm³/mol. The number of hydrogen-bond acceptors (Lipinski definition) is 2. The van der Waals surface area contributed by atoms with E-state index in [2.05, 4.69) is 26.1 Å². The third-order valence-electron chi connectivity index (χ3n) is 1.74. The molecule has 0 radical (unpaired) electrons. The SMILES string of the molecule is CC[C@H](SC)C(=O)NCC(C)(C)C. The molecule has 0 heterocycles. The zero-order valence-electron chi connectivity index (χ0n) is 9.31. The molecule has 0 aromatic carbocycles. The predicted octanol–water partition coefficient (Wildman–Crippen LogP) is 2.29. The van der Waals surface area contributed by atoms with E-state index < -0.39 is 0 Å². The van der Waals surface area contributed by atoms with Crippen LogP contribution >= 0.6 is 11.8 Å². The molecule has 1 atom stereocenters. The molecule has 2 nitrogen and oxygen atoms in total. The lowest BCUT2D eigenvalue weighted by Crippen LogP contribution is -2.37. The molecule has 0 saturated heterocycles. The Bertz CT molecular complexity index is 159. The molecule has 3 heteroatoms. The van der Waals surface area contributed by atoms with Gasteiger partial charge in [-0.3, -0.25) is 4.79 Å². The van der Waals surface area contributed by atoms with Gasteiger partial charge in [0, 0.05) is 6.54 Å². The monoisotopic (exact) mass is 203 g/mol. The third-order valence-corrected chi connectivity index (χ3v) is 2.86. The summed E-state index contributed by atoms with van der Waals surface area (Å²) in [6, 6.07) is 0. The molecule has 0 unspecified atom stereocenters. The van der Waals surface area contributed by atoms with Crippen molar-refractivity contribution in [1.29, 1.82) is 0 Å². The fourth-order valence-corrected chi connectivity index (χ4v) is 1.56. The average molecular weight is 203 g/mol. The van der Waals surface area contributed by atoms with Gasteiger partial charge < -0.3 is 5.32 Å². The summed E-state index contributed by atoms with van der Waals surface area (Å²) in [5.41, 5.74) is 0.173. The van der Waals surface area contributed by atoms with Crippen LogP contribution in [0.4, 0.5) is 0 Å². The minimum atomic E-state index is 0.113. The van der Waals surface area contributed by atoms with Crippen molar-refractivity contribution in [2.45, 2.75) is 39.4 Å². The number of thioether (sulfide) groups is 1. The topological polar surface area (TPSA) is 29.1 Å². The molecule has 0 aliphatic carbocycles. The summed E-state index contributed by atoms with van der Waals surface area (Å²) in [4.78, 5) is 11.5. The second-order valence-corrected chi connectivity index (χ2v) is 5.45. The van der Waals surface area contributed by atoms with Crippen LogP contribution in [0.1, 0.15) is 34.1 Å². The quantitative estimate of drug-likeness (QED) is 0.759. The lowest BCUT2D eigenvalue weighted by atomic mass is 9.97. The standard InChI is InChI=1S/C10H21NOS/c1-6-8(13-5)9(12)11-7-10(2,3)4/h8H,6-7H2,1-5H3,(H,11,12)/t8-/m0/s1. The van der Waals surface area contributed by atoms with Gasteiger partial charge in [0.2, 0.25) is 5.91 Å². The number of rotatable bonds is 4. The summed E-state index contributed by atoms with van der Waals surface area (Å²) < 4.78 is 0. The van der Waals surface area contributed by atoms with Crippen molar-refractivity contribution in [3.05, 3.63) is 0 Å². The number of hydrogen-bond donors (Lipinski definition) is 1. The van der Waals surface area contributed by atoms with Crippen LogP contribution in [0, 0.1) is 5.41 Å². The Kier molecular flexibility index (Phi) is 5.45. The normalized spacial score (nSPS) is 13.9. The molecular formula is C10H21NOS. The highest BCUT2D eigenvalue weighted by molar-refractivity contribution is 7.99. The van der Waals surface area contributed by atoms with E-state index in [1.54, 1.807) is 11.8 Å². The van der Waals surface area contributed by atoms with E-state index in [4.69, 9.17) is 0 Å². The molecular weight excluding hydrogens is 182 g/mol. The molecule has 13 heavy (non-hydrogen) atoms. The highest BCUT2D eigenvalue weighted by atomic mass is 32.2. The van der Waals surface area contributed by atoms with Crippen molar-refractivity contribution in [1.82, 2.24) is 5.32 Å². The Morgan fingerprint density at radius 2 is 2.00 bits per heavy atom. The Morgan fingerprint density at radius 3 is 2.31 bits per heavy atom. The molecule has 0 bridgehead atoms. The van der Waals surface area contributed by atoms with Gasteiger partial charge in [0.05, 0.1) is 5.25 Å². The average Bonchev–Trinajstić information content (AvgIpc) is 2.02. The maximum Gasteiger partial charge on any atom is 0.233 e. The Labute approximate surface area is 85.9 Å². The first-order valence-electron chi connectivity index (χ1n) is 4.71. The Hall–Kier alpha value is -0.180. The van der Waals surface area contributed by atoms with Crippen LogP contribution < -0.4 is 5.32 Å². The first kappa shape index (κ1) is 12.8. The molecule has 0 saturated carbocycles. The summed E-state index contributed by atoms with van der Waals surface area (Å²) in [6.07, 6.45) is 2.88. The molecule has 78 valence electrons. The summed E-state index contributed by atoms with van der Waals surface area (Å²) in [5.74, 6) is 0.171. The summed E-state index contributed by atoms with van der Waals surface area (Å²) in [6.45, 7) is 9.15. The smallest absolute Gasteiger partial charge is 0.233 e. The zero-order chi connectivity index (χ0) is 10.5. The van der Waals surface area contributed by atoms with Crippen LogP contribution in [0.25, 0.3) is 0 Å². The maximum absolute atomic E-state index is 11.5. The van der Waals surface area contributed by atoms with E-state index >= 15 is 0 Å². The van der Waals surface area contributed by atoms with E-state index in [1.165, 1.54) is 0 Å². The van der Waals surface area contributed by atoms with Crippen molar-refractivity contribution in [3.8, 4) is 0 Å². The number of amides is 1. The molecule has 1 amide bonds. The maximum atomic E-state index is 11.5. The van der Waals surface area contributed by atoms with Crippen molar-refractivity contribution < 1.29 is 4.79 Å². The van der Waals surface area contributed by atoms with Gasteiger partial charge in [0.1, 0.15) is 0 Å². The van der Waals surface area contributed by atoms with Gasteiger partial charge in [-0.05, 0) is 18.1 Å². The number of carbonyl (C=O) groups is 1. The van der Waals surface area contributed by atoms with Crippen molar-refractivity contribution in [2.75, 3.05) is 12.8 Å². The first-order chi connectivity index (χ1) is 5.90. The summed E-state index contributed by atoms with van der Waals surface area (Å²) >= 11 is 1.62. The van der Waals surface area contributed by atoms with Crippen LogP contribution in [0.5, 0.6) is 0 Å². The van der Waals surface area contributed by atoms with Crippen LogP contribution in [-0.2, 0) is 4.79 Å². The fourth-order valence-electron chi connectivity index (χ4n) is 0.925. The molecule has 0 aromatic rings. The van der Waals surface area contributed by atoms with Gasteiger partial charge in [-0.1, -0.05) is 27.7 Å². The minimum Gasteiger partial charge on any atom is -0.355 e. The van der Waals surface area contributed by atoms with Crippen molar-refractivity contribution in [2.24, 2.45) is 5.41 Å². The highest BCUT2D eigenvalue weighted by Crippen LogP contribution is 2.13. The van der Waals surface area contributed by atoms with Gasteiger partial charge in [-0.2, -0.15) is 11.8 Å². The van der Waals surface area contributed by atoms with Gasteiger partial charge in [0.25, 0.3) is 0 Å². The van der Waals surface area contributed by atoms with E-state index in [0.717, 1.165) is 13.0 Å². The minimum absolute atomic E-state index is 0.113. The molecule has 0 spiro atoms. The van der Waals surface area contributed by atoms with Crippen molar-refractivity contribution in [3.63, 3.8) is 0 Å². The van der Waals surface area contributed by atoms with Crippen LogP contribution in [0.15, 0.2) is 0 Å². The van der Waals surface area contributed by atoms with E-state index in [0.29, 0.717) is 0 Å². The van der Waals surface area contributed by atoms with Crippen LogP contribution in [-0.4, -0.2) is 24.0 Å². The largest absolute Gasteiger partial charge is 0.355 e. The zero-order valence-corrected chi connectivity index (χ0v) is 10.1. The van der Waals surface area contributed by atoms with Gasteiger partial charge in [0.15, 0.2) is 0 Å². The molecule has 1 N–H and O–H groups in total. The van der Waals surface area contributed by atoms with Crippen LogP contribution in [0.2, 0.25) is 0 Å². The highest BCUT2D eigenvalue weighted by Gasteiger charge is 2.17. The second-order valence-electron chi connectivity index (χ2n) is 4.41. The molecule has 0 fully saturated rings. The Balaban J connectivity index is 3.86. The lowest BCUT2D eigenvalue weighted by Gasteiger charge is -2.20. The van der Waals surface area contributed by atoms with Gasteiger partial charge in [-0.25, -0.2) is 0 Å². The first-order valence-corrected chi connectivity index (χ1v) is 6.00. The molecule has 0 aliphatic rings. The van der Waals surface area contributed by atoms with Crippen LogP contribution in [0.3, 0.4) is 0 Å². The summed E-state index contributed by atoms with van der Waals surface area (Å²) in [5, 5.41) is 3.08. The number of nitrogens with one attached hydrogen (secondary N) is 1. The van der Waals surface area contributed by atoms with Crippen molar-refractivity contribution >= 4 is 17.7 Å². The third kappa shape index (κ3) is 5.97. The molecule has 0 aromatic heterocycles. The van der Waals surface area contributed by atoms with Gasteiger partial charge in [-0.15, -0.1) is 0 Å². The summed E-state index contributed by atoms with van der Waals surface area (Å²) in [7, 11) is 0. The second kappa shape index (κ2) is 5.53. The van der Waals surface area contributed by atoms with E-state index in [-0.39, 0.29) is 16.6 Å². The number of carbonyl (C=O) groups excluding carboxylic acids is 1. The molecule has 0 aliphatic heterocycles. The Morgan fingerprint density at radius 1 is 1.46 bits per heavy atom. The fraction of sp³-hybridized carbons (Fsp3) is 0.900.